The first kappa shape index (κ1) is 30.2. The van der Waals surface area contributed by atoms with Crippen molar-refractivity contribution in [3.05, 3.63) is 77.2 Å². The van der Waals surface area contributed by atoms with Gasteiger partial charge in [-0.15, -0.1) is 0 Å². The normalized spacial score (nSPS) is 15.2. The molecule has 8 nitrogen and oxygen atoms in total. The van der Waals surface area contributed by atoms with Crippen LogP contribution in [0.4, 0.5) is 17.6 Å². The van der Waals surface area contributed by atoms with Gasteiger partial charge in [0, 0.05) is 16.7 Å². The van der Waals surface area contributed by atoms with E-state index in [0.29, 0.717) is 5.56 Å². The van der Waals surface area contributed by atoms with Crippen LogP contribution in [0.15, 0.2) is 54.6 Å². The summed E-state index contributed by atoms with van der Waals surface area (Å²) in [5.74, 6) is -0.968. The second kappa shape index (κ2) is 11.6. The van der Waals surface area contributed by atoms with Crippen molar-refractivity contribution in [1.82, 2.24) is 10.3 Å². The van der Waals surface area contributed by atoms with Crippen molar-refractivity contribution < 1.29 is 42.0 Å². The lowest BCUT2D eigenvalue weighted by Gasteiger charge is -2.32. The molecule has 1 amide bonds. The Bertz CT molecular complexity index is 1390. The topological polar surface area (TPSA) is 127 Å². The van der Waals surface area contributed by atoms with Crippen LogP contribution in [-0.4, -0.2) is 53.1 Å². The van der Waals surface area contributed by atoms with Gasteiger partial charge in [0.2, 0.25) is 5.60 Å². The Morgan fingerprint density at radius 1 is 1.07 bits per heavy atom. The van der Waals surface area contributed by atoms with E-state index < -0.39 is 41.3 Å². The molecular weight excluding hydrogens is 546 g/mol. The van der Waals surface area contributed by atoms with E-state index in [9.17, 15) is 27.5 Å². The van der Waals surface area contributed by atoms with E-state index in [1.54, 1.807) is 13.8 Å². The molecule has 12 heteroatoms. The molecule has 3 aromatic rings. The summed E-state index contributed by atoms with van der Waals surface area (Å²) in [6.45, 7) is 1.62. The van der Waals surface area contributed by atoms with Gasteiger partial charge < -0.3 is 30.7 Å². The molecule has 1 atom stereocenters. The fraction of sp³-hybridized carbons (Fsp3) is 0.379. The minimum atomic E-state index is -5.26. The highest BCUT2D eigenvalue weighted by Gasteiger charge is 2.56. The second-order valence-corrected chi connectivity index (χ2v) is 10.4. The zero-order chi connectivity index (χ0) is 30.0. The van der Waals surface area contributed by atoms with Gasteiger partial charge in [-0.3, -0.25) is 4.79 Å². The third kappa shape index (κ3) is 7.13. The summed E-state index contributed by atoms with van der Waals surface area (Å²) in [4.78, 5) is 17.0. The molecule has 0 aliphatic heterocycles. The number of aromatic nitrogens is 1. The number of ether oxygens (including phenoxy) is 2. The van der Waals surface area contributed by atoms with Gasteiger partial charge in [-0.25, -0.2) is 9.37 Å². The number of pyridine rings is 1. The lowest BCUT2D eigenvalue weighted by Crippen LogP contribution is -2.51. The van der Waals surface area contributed by atoms with Crippen molar-refractivity contribution in [1.29, 1.82) is 0 Å². The average molecular weight is 578 g/mol. The van der Waals surface area contributed by atoms with Gasteiger partial charge >= 0.3 is 6.18 Å². The van der Waals surface area contributed by atoms with Gasteiger partial charge in [-0.05, 0) is 86.8 Å². The van der Waals surface area contributed by atoms with Gasteiger partial charge in [0.1, 0.15) is 12.4 Å². The van der Waals surface area contributed by atoms with Crippen LogP contribution in [0.5, 0.6) is 11.5 Å². The number of amides is 1. The number of nitrogens with two attached hydrogens (primary N) is 1. The van der Waals surface area contributed by atoms with E-state index in [-0.39, 0.29) is 47.6 Å². The van der Waals surface area contributed by atoms with Gasteiger partial charge in [-0.2, -0.15) is 13.2 Å². The third-order valence-corrected chi connectivity index (χ3v) is 6.48. The van der Waals surface area contributed by atoms with E-state index in [4.69, 9.17) is 20.3 Å². The monoisotopic (exact) mass is 577 g/mol. The fourth-order valence-corrected chi connectivity index (χ4v) is 3.91. The molecule has 1 aliphatic rings. The summed E-state index contributed by atoms with van der Waals surface area (Å²) in [6.07, 6.45) is -3.71. The fourth-order valence-electron chi connectivity index (χ4n) is 3.91. The number of benzene rings is 2. The Morgan fingerprint density at radius 3 is 2.34 bits per heavy atom. The van der Waals surface area contributed by atoms with Crippen molar-refractivity contribution in [2.45, 2.75) is 50.1 Å². The first-order chi connectivity index (χ1) is 19.2. The predicted octanol–water partition coefficient (Wildman–Crippen LogP) is 4.17. The number of nitrogens with one attached hydrogen (secondary N) is 1. The largest absolute Gasteiger partial charge is 0.487 e. The van der Waals surface area contributed by atoms with Crippen LogP contribution < -0.4 is 20.5 Å². The zero-order valence-corrected chi connectivity index (χ0v) is 22.5. The quantitative estimate of drug-likeness (QED) is 0.252. The molecule has 1 saturated carbocycles. The molecule has 5 N–H and O–H groups in total. The molecule has 220 valence electrons. The number of hydrogen-bond donors (Lipinski definition) is 4. The molecule has 2 aromatic carbocycles. The van der Waals surface area contributed by atoms with Crippen LogP contribution in [-0.2, 0) is 11.1 Å². The Labute approximate surface area is 234 Å². The summed E-state index contributed by atoms with van der Waals surface area (Å²) >= 11 is 0. The minimum Gasteiger partial charge on any atom is -0.487 e. The van der Waals surface area contributed by atoms with E-state index in [1.165, 1.54) is 36.4 Å². The Hall–Kier alpha value is -3.74. The first-order valence-electron chi connectivity index (χ1n) is 12.9. The number of halogens is 4. The summed E-state index contributed by atoms with van der Waals surface area (Å²) < 4.78 is 68.1. The number of aliphatic hydroxyl groups excluding tert-OH is 1. The van der Waals surface area contributed by atoms with Crippen LogP contribution in [0.1, 0.15) is 48.3 Å². The van der Waals surface area contributed by atoms with E-state index in [1.807, 2.05) is 0 Å². The van der Waals surface area contributed by atoms with Crippen LogP contribution in [0, 0.1) is 5.82 Å². The van der Waals surface area contributed by atoms with Gasteiger partial charge in [0.25, 0.3) is 5.91 Å². The number of carbonyl (C=O) groups is 1. The van der Waals surface area contributed by atoms with Crippen LogP contribution >= 0.6 is 0 Å². The maximum absolute atomic E-state index is 14.5. The number of hydrogen-bond acceptors (Lipinski definition) is 7. The average Bonchev–Trinajstić information content (AvgIpc) is 3.74. The second-order valence-electron chi connectivity index (χ2n) is 10.4. The van der Waals surface area contributed by atoms with Crippen molar-refractivity contribution in [3.63, 3.8) is 0 Å². The number of alkyl halides is 3. The lowest BCUT2D eigenvalue weighted by molar-refractivity contribution is -0.265. The number of nitrogens with zero attached hydrogens (tertiary/aromatic N) is 1. The third-order valence-electron chi connectivity index (χ3n) is 6.48. The highest BCUT2D eigenvalue weighted by atomic mass is 19.4. The van der Waals surface area contributed by atoms with Crippen LogP contribution in [0.3, 0.4) is 0 Å². The molecule has 0 spiro atoms. The molecule has 1 heterocycles. The number of carbonyl (C=O) groups excluding carboxylic acids is 1. The summed E-state index contributed by atoms with van der Waals surface area (Å²) in [6, 6.07) is 11.5. The molecule has 41 heavy (non-hydrogen) atoms. The molecule has 0 radical (unpaired) electrons. The van der Waals surface area contributed by atoms with Gasteiger partial charge in [0.05, 0.1) is 30.6 Å². The first-order valence-corrected chi connectivity index (χ1v) is 12.9. The maximum atomic E-state index is 14.5. The highest BCUT2D eigenvalue weighted by molar-refractivity contribution is 5.95. The van der Waals surface area contributed by atoms with Crippen molar-refractivity contribution >= 4 is 5.91 Å². The lowest BCUT2D eigenvalue weighted by atomic mass is 9.89. The molecule has 0 unspecified atom stereocenters. The Morgan fingerprint density at radius 2 is 1.76 bits per heavy atom. The van der Waals surface area contributed by atoms with Crippen molar-refractivity contribution in [2.24, 2.45) is 5.73 Å². The smallest absolute Gasteiger partial charge is 0.424 e. The van der Waals surface area contributed by atoms with Crippen molar-refractivity contribution in [3.8, 4) is 22.8 Å². The number of aliphatic hydroxyl groups is 2. The molecule has 4 rings (SSSR count). The Kier molecular flexibility index (Phi) is 8.57. The highest BCUT2D eigenvalue weighted by Crippen LogP contribution is 2.40. The standard InChI is InChI=1S/C29H31F4N3O5/c1-27(2,34)19-14-22(17-3-6-20(30)7-4-17)36-25(15-19)28(39,29(31,32)33)16-35-26(38)18-5-10-23(40-12-11-37)24(13-18)41-21-8-9-21/h3-7,10,13-15,21,37,39H,8-9,11-12,16,34H2,1-2H3,(H,35,38)/t28-/m1/s1. The van der Waals surface area contributed by atoms with Gasteiger partial charge in [-0.1, -0.05) is 0 Å². The molecule has 1 aromatic heterocycles. The van der Waals surface area contributed by atoms with Crippen LogP contribution in [0.25, 0.3) is 11.3 Å². The molecule has 0 bridgehead atoms. The van der Waals surface area contributed by atoms with Crippen molar-refractivity contribution in [2.75, 3.05) is 19.8 Å². The molecular formula is C29H31F4N3O5. The number of rotatable bonds is 11. The minimum absolute atomic E-state index is 0.0171. The van der Waals surface area contributed by atoms with E-state index in [0.717, 1.165) is 31.0 Å². The Balaban J connectivity index is 1.66. The van der Waals surface area contributed by atoms with Crippen LogP contribution in [0.2, 0.25) is 0 Å². The summed E-state index contributed by atoms with van der Waals surface area (Å²) in [5.41, 5.74) is 1.22. The van der Waals surface area contributed by atoms with Gasteiger partial charge in [0.15, 0.2) is 11.5 Å². The molecule has 0 saturated heterocycles. The molecule has 1 aliphatic carbocycles. The SMILES string of the molecule is CC(C)(N)c1cc(-c2ccc(F)cc2)nc([C@](O)(CNC(=O)c2ccc(OCCO)c(OC3CC3)c2)C(F)(F)F)c1. The zero-order valence-electron chi connectivity index (χ0n) is 22.5. The summed E-state index contributed by atoms with van der Waals surface area (Å²) in [7, 11) is 0. The van der Waals surface area contributed by atoms with E-state index in [2.05, 4.69) is 10.3 Å². The van der Waals surface area contributed by atoms with E-state index >= 15 is 0 Å². The summed E-state index contributed by atoms with van der Waals surface area (Å²) in [5, 5.41) is 22.3. The molecule has 1 fully saturated rings. The predicted molar refractivity (Wildman–Crippen MR) is 142 cm³/mol. The maximum Gasteiger partial charge on any atom is 0.424 e.